The van der Waals surface area contributed by atoms with Gasteiger partial charge in [0.1, 0.15) is 0 Å². The highest BCUT2D eigenvalue weighted by Crippen LogP contribution is 2.31. The molecule has 0 amide bonds. The Morgan fingerprint density at radius 1 is 0.538 bits per heavy atom. The molecule has 0 radical (unpaired) electrons. The van der Waals surface area contributed by atoms with E-state index in [1.165, 1.54) is 42.6 Å². The second-order valence-electron chi connectivity index (χ2n) is 6.42. The minimum atomic E-state index is 0.309. The summed E-state index contributed by atoms with van der Waals surface area (Å²) in [6.45, 7) is 6.72. The Morgan fingerprint density at radius 2 is 0.846 bits per heavy atom. The zero-order valence-corrected chi connectivity index (χ0v) is 16.1. The van der Waals surface area contributed by atoms with E-state index in [4.69, 9.17) is 0 Å². The molecule has 3 aromatic rings. The van der Waals surface area contributed by atoms with Gasteiger partial charge in [0.05, 0.1) is 0 Å². The lowest BCUT2D eigenvalue weighted by Gasteiger charge is -2.18. The molecule has 1 nitrogen and oxygen atoms in total. The smallest absolute Gasteiger partial charge is 0.0339 e. The Kier molecular flexibility index (Phi) is 9.24. The molecular weight excluding hydrogens is 314 g/mol. The lowest BCUT2D eigenvalue weighted by atomic mass is 9.85. The number of benzene rings is 3. The standard InChI is InChI=1S/C19H16.C6H15N/c1-4-10-16(11-5-1)19(17-12-6-2-7-13-17)18-14-8-3-9-15-18;1-3-5-7-6-4-2/h1-15,19H;7H,3-6H2,1-2H3. The Balaban J connectivity index is 0.000000298. The van der Waals surface area contributed by atoms with Crippen LogP contribution in [0.4, 0.5) is 0 Å². The van der Waals surface area contributed by atoms with Crippen molar-refractivity contribution in [1.29, 1.82) is 0 Å². The first-order valence-electron chi connectivity index (χ1n) is 9.72. The Morgan fingerprint density at radius 3 is 1.12 bits per heavy atom. The van der Waals surface area contributed by atoms with Crippen molar-refractivity contribution < 1.29 is 0 Å². The molecule has 1 N–H and O–H groups in total. The van der Waals surface area contributed by atoms with Crippen LogP contribution in [-0.4, -0.2) is 13.1 Å². The van der Waals surface area contributed by atoms with Gasteiger partial charge in [0.2, 0.25) is 0 Å². The van der Waals surface area contributed by atoms with E-state index in [2.05, 4.69) is 110 Å². The van der Waals surface area contributed by atoms with E-state index in [0.717, 1.165) is 0 Å². The van der Waals surface area contributed by atoms with E-state index in [1.54, 1.807) is 0 Å². The minimum Gasteiger partial charge on any atom is -0.317 e. The third-order valence-electron chi connectivity index (χ3n) is 4.25. The van der Waals surface area contributed by atoms with Crippen molar-refractivity contribution in [3.8, 4) is 0 Å². The number of hydrogen-bond donors (Lipinski definition) is 1. The van der Waals surface area contributed by atoms with Crippen molar-refractivity contribution in [2.75, 3.05) is 13.1 Å². The molecule has 136 valence electrons. The summed E-state index contributed by atoms with van der Waals surface area (Å²) in [5, 5.41) is 3.28. The van der Waals surface area contributed by atoms with E-state index in [0.29, 0.717) is 5.92 Å². The second kappa shape index (κ2) is 12.1. The lowest BCUT2D eigenvalue weighted by molar-refractivity contribution is 0.662. The van der Waals surface area contributed by atoms with Crippen LogP contribution in [0.2, 0.25) is 0 Å². The topological polar surface area (TPSA) is 12.0 Å². The fraction of sp³-hybridized carbons (Fsp3) is 0.280. The molecule has 0 aliphatic carbocycles. The van der Waals surface area contributed by atoms with Crippen molar-refractivity contribution >= 4 is 0 Å². The molecule has 0 bridgehead atoms. The Bertz CT molecular complexity index is 594. The average molecular weight is 346 g/mol. The van der Waals surface area contributed by atoms with Gasteiger partial charge >= 0.3 is 0 Å². The van der Waals surface area contributed by atoms with E-state index >= 15 is 0 Å². The van der Waals surface area contributed by atoms with Gasteiger partial charge in [0.15, 0.2) is 0 Å². The van der Waals surface area contributed by atoms with Crippen LogP contribution in [0, 0.1) is 0 Å². The maximum absolute atomic E-state index is 3.28. The van der Waals surface area contributed by atoms with Crippen LogP contribution in [-0.2, 0) is 0 Å². The third-order valence-corrected chi connectivity index (χ3v) is 4.25. The summed E-state index contributed by atoms with van der Waals surface area (Å²) >= 11 is 0. The normalized spacial score (nSPS) is 10.3. The molecule has 26 heavy (non-hydrogen) atoms. The lowest BCUT2D eigenvalue weighted by Crippen LogP contribution is -2.14. The fourth-order valence-corrected chi connectivity index (χ4v) is 2.99. The first-order chi connectivity index (χ1) is 12.9. The van der Waals surface area contributed by atoms with Crippen LogP contribution in [0.3, 0.4) is 0 Å². The molecule has 0 unspecified atom stereocenters. The fourth-order valence-electron chi connectivity index (χ4n) is 2.99. The summed E-state index contributed by atoms with van der Waals surface area (Å²) < 4.78 is 0. The first kappa shape index (κ1) is 19.9. The maximum atomic E-state index is 3.28. The minimum absolute atomic E-state index is 0.309. The molecule has 0 saturated heterocycles. The van der Waals surface area contributed by atoms with Gasteiger partial charge in [-0.15, -0.1) is 0 Å². The third kappa shape index (κ3) is 6.50. The Hall–Kier alpha value is -2.38. The van der Waals surface area contributed by atoms with Crippen LogP contribution in [0.25, 0.3) is 0 Å². The number of nitrogens with one attached hydrogen (secondary N) is 1. The Labute approximate surface area is 159 Å². The zero-order chi connectivity index (χ0) is 18.5. The van der Waals surface area contributed by atoms with E-state index in [9.17, 15) is 0 Å². The summed E-state index contributed by atoms with van der Waals surface area (Å²) in [5.41, 5.74) is 4.00. The molecule has 0 fully saturated rings. The zero-order valence-electron chi connectivity index (χ0n) is 16.1. The van der Waals surface area contributed by atoms with Gasteiger partial charge in [-0.25, -0.2) is 0 Å². The molecule has 3 rings (SSSR count). The van der Waals surface area contributed by atoms with Crippen molar-refractivity contribution in [2.24, 2.45) is 0 Å². The molecule has 0 aliphatic rings. The largest absolute Gasteiger partial charge is 0.317 e. The molecule has 1 heteroatoms. The van der Waals surface area contributed by atoms with Crippen LogP contribution in [0.15, 0.2) is 91.0 Å². The second-order valence-corrected chi connectivity index (χ2v) is 6.42. The van der Waals surface area contributed by atoms with Gasteiger partial charge in [-0.2, -0.15) is 0 Å². The predicted molar refractivity (Wildman–Crippen MR) is 114 cm³/mol. The van der Waals surface area contributed by atoms with Gasteiger partial charge in [-0.3, -0.25) is 0 Å². The molecular formula is C25H31N. The molecule has 3 aromatic carbocycles. The summed E-state index contributed by atoms with van der Waals surface area (Å²) in [6.07, 6.45) is 2.50. The van der Waals surface area contributed by atoms with E-state index < -0.39 is 0 Å². The van der Waals surface area contributed by atoms with E-state index in [-0.39, 0.29) is 0 Å². The highest BCUT2D eigenvalue weighted by molar-refractivity contribution is 5.42. The number of rotatable bonds is 7. The van der Waals surface area contributed by atoms with Gasteiger partial charge in [-0.05, 0) is 42.6 Å². The molecule has 0 saturated carbocycles. The van der Waals surface area contributed by atoms with Crippen molar-refractivity contribution in [1.82, 2.24) is 5.32 Å². The summed E-state index contributed by atoms with van der Waals surface area (Å²) in [5.74, 6) is 0.309. The number of hydrogen-bond acceptors (Lipinski definition) is 1. The first-order valence-corrected chi connectivity index (χ1v) is 9.72. The van der Waals surface area contributed by atoms with Crippen molar-refractivity contribution in [3.63, 3.8) is 0 Å². The molecule has 0 aromatic heterocycles. The molecule has 0 heterocycles. The predicted octanol–water partition coefficient (Wildman–Crippen LogP) is 6.26. The van der Waals surface area contributed by atoms with Gasteiger partial charge in [0.25, 0.3) is 0 Å². The average Bonchev–Trinajstić information content (AvgIpc) is 2.72. The molecule has 0 atom stereocenters. The highest BCUT2D eigenvalue weighted by Gasteiger charge is 2.15. The van der Waals surface area contributed by atoms with Crippen LogP contribution < -0.4 is 5.32 Å². The SMILES string of the molecule is CCCNCCC.c1ccc(C(c2ccccc2)c2ccccc2)cc1. The van der Waals surface area contributed by atoms with Gasteiger partial charge in [-0.1, -0.05) is 105 Å². The summed E-state index contributed by atoms with van der Waals surface area (Å²) in [6, 6.07) is 32.0. The van der Waals surface area contributed by atoms with Gasteiger partial charge < -0.3 is 5.32 Å². The maximum Gasteiger partial charge on any atom is 0.0339 e. The van der Waals surface area contributed by atoms with Crippen LogP contribution in [0.5, 0.6) is 0 Å². The van der Waals surface area contributed by atoms with Gasteiger partial charge in [0, 0.05) is 5.92 Å². The van der Waals surface area contributed by atoms with Crippen molar-refractivity contribution in [2.45, 2.75) is 32.6 Å². The quantitative estimate of drug-likeness (QED) is 0.393. The summed E-state index contributed by atoms with van der Waals surface area (Å²) in [4.78, 5) is 0. The highest BCUT2D eigenvalue weighted by atomic mass is 14.8. The van der Waals surface area contributed by atoms with Crippen molar-refractivity contribution in [3.05, 3.63) is 108 Å². The van der Waals surface area contributed by atoms with Crippen LogP contribution >= 0.6 is 0 Å². The van der Waals surface area contributed by atoms with E-state index in [1.807, 2.05) is 0 Å². The molecule has 0 spiro atoms. The van der Waals surface area contributed by atoms with Crippen LogP contribution in [0.1, 0.15) is 49.3 Å². The molecule has 0 aliphatic heterocycles. The monoisotopic (exact) mass is 345 g/mol. The summed E-state index contributed by atoms with van der Waals surface area (Å²) in [7, 11) is 0.